The van der Waals surface area contributed by atoms with Gasteiger partial charge in [0.2, 0.25) is 5.89 Å². The average molecular weight is 349 g/mol. The van der Waals surface area contributed by atoms with Gasteiger partial charge in [0.25, 0.3) is 0 Å². The van der Waals surface area contributed by atoms with Gasteiger partial charge in [-0.2, -0.15) is 4.98 Å². The van der Waals surface area contributed by atoms with E-state index in [1.165, 1.54) is 6.07 Å². The maximum atomic E-state index is 13.7. The van der Waals surface area contributed by atoms with E-state index in [1.807, 2.05) is 0 Å². The largest absolute Gasteiger partial charge is 0.382 e. The Bertz CT molecular complexity index is 657. The highest BCUT2D eigenvalue weighted by Gasteiger charge is 2.21. The first kappa shape index (κ1) is 18.0. The predicted molar refractivity (Wildman–Crippen MR) is 89.6 cm³/mol. The van der Waals surface area contributed by atoms with E-state index in [0.717, 1.165) is 25.9 Å². The summed E-state index contributed by atoms with van der Waals surface area (Å²) in [5, 5.41) is 3.96. The minimum Gasteiger partial charge on any atom is -0.382 e. The minimum absolute atomic E-state index is 0.246. The van der Waals surface area contributed by atoms with E-state index in [2.05, 4.69) is 15.0 Å². The van der Waals surface area contributed by atoms with Crippen LogP contribution in [0.15, 0.2) is 28.8 Å². The van der Waals surface area contributed by atoms with Crippen molar-refractivity contribution in [2.24, 2.45) is 0 Å². The van der Waals surface area contributed by atoms with Crippen molar-refractivity contribution in [3.8, 4) is 0 Å². The smallest absolute Gasteiger partial charge is 0.240 e. The summed E-state index contributed by atoms with van der Waals surface area (Å²) in [6.45, 7) is 3.76. The zero-order valence-corrected chi connectivity index (χ0v) is 14.5. The number of piperidine rings is 1. The summed E-state index contributed by atoms with van der Waals surface area (Å²) in [5.41, 5.74) is 0.573. The molecule has 2 heterocycles. The zero-order chi connectivity index (χ0) is 17.5. The van der Waals surface area contributed by atoms with Gasteiger partial charge in [0.05, 0.1) is 25.9 Å². The Morgan fingerprint density at radius 1 is 1.24 bits per heavy atom. The van der Waals surface area contributed by atoms with Crippen molar-refractivity contribution in [1.29, 1.82) is 0 Å². The molecule has 2 aromatic rings. The fourth-order valence-corrected chi connectivity index (χ4v) is 2.96. The van der Waals surface area contributed by atoms with Gasteiger partial charge in [-0.3, -0.25) is 4.90 Å². The predicted octanol–water partition coefficient (Wildman–Crippen LogP) is 2.43. The molecule has 0 atom stereocenters. The highest BCUT2D eigenvalue weighted by Crippen LogP contribution is 2.16. The summed E-state index contributed by atoms with van der Waals surface area (Å²) >= 11 is 0. The molecule has 0 bridgehead atoms. The van der Waals surface area contributed by atoms with Crippen molar-refractivity contribution in [1.82, 2.24) is 15.0 Å². The first-order valence-electron chi connectivity index (χ1n) is 8.62. The van der Waals surface area contributed by atoms with Crippen LogP contribution in [0.25, 0.3) is 0 Å². The third-order valence-electron chi connectivity index (χ3n) is 4.35. The van der Waals surface area contributed by atoms with Crippen LogP contribution in [-0.4, -0.2) is 54.6 Å². The first-order valence-corrected chi connectivity index (χ1v) is 8.62. The molecular weight excluding hydrogens is 325 g/mol. The number of hydrogen-bond acceptors (Lipinski definition) is 6. The van der Waals surface area contributed by atoms with Gasteiger partial charge in [-0.15, -0.1) is 0 Å². The number of nitrogens with zero attached hydrogens (tertiary/aromatic N) is 3. The van der Waals surface area contributed by atoms with Gasteiger partial charge >= 0.3 is 0 Å². The molecule has 1 aromatic carbocycles. The van der Waals surface area contributed by atoms with Gasteiger partial charge in [0, 0.05) is 26.6 Å². The van der Waals surface area contributed by atoms with Crippen LogP contribution in [0.1, 0.15) is 30.1 Å². The van der Waals surface area contributed by atoms with Crippen molar-refractivity contribution in [2.75, 3.05) is 33.4 Å². The van der Waals surface area contributed by atoms with Crippen molar-refractivity contribution in [3.05, 3.63) is 47.4 Å². The van der Waals surface area contributed by atoms with Gasteiger partial charge in [-0.1, -0.05) is 23.4 Å². The van der Waals surface area contributed by atoms with Crippen molar-refractivity contribution in [3.63, 3.8) is 0 Å². The van der Waals surface area contributed by atoms with E-state index >= 15 is 0 Å². The Kier molecular flexibility index (Phi) is 6.49. The third kappa shape index (κ3) is 5.32. The van der Waals surface area contributed by atoms with E-state index < -0.39 is 0 Å². The Labute approximate surface area is 146 Å². The molecule has 6 nitrogen and oxygen atoms in total. The highest BCUT2D eigenvalue weighted by molar-refractivity contribution is 5.20. The molecule has 0 spiro atoms. The lowest BCUT2D eigenvalue weighted by Gasteiger charge is -2.30. The lowest BCUT2D eigenvalue weighted by molar-refractivity contribution is -0.0170. The van der Waals surface area contributed by atoms with E-state index in [1.54, 1.807) is 25.3 Å². The molecule has 3 rings (SSSR count). The maximum Gasteiger partial charge on any atom is 0.240 e. The van der Waals surface area contributed by atoms with Crippen LogP contribution in [0.5, 0.6) is 0 Å². The summed E-state index contributed by atoms with van der Waals surface area (Å²) in [7, 11) is 1.68. The van der Waals surface area contributed by atoms with Crippen LogP contribution in [0.2, 0.25) is 0 Å². The number of benzene rings is 1. The van der Waals surface area contributed by atoms with Crippen LogP contribution >= 0.6 is 0 Å². The number of likely N-dealkylation sites (tertiary alicyclic amines) is 1. The Morgan fingerprint density at radius 2 is 2.04 bits per heavy atom. The van der Waals surface area contributed by atoms with Crippen molar-refractivity contribution < 1.29 is 18.4 Å². The number of methoxy groups -OCH3 is 1. The summed E-state index contributed by atoms with van der Waals surface area (Å²) in [6.07, 6.45) is 2.61. The number of halogens is 1. The Hall–Kier alpha value is -1.83. The monoisotopic (exact) mass is 349 g/mol. The topological polar surface area (TPSA) is 60.6 Å². The van der Waals surface area contributed by atoms with Crippen LogP contribution in [0, 0.1) is 5.82 Å². The lowest BCUT2D eigenvalue weighted by Crippen LogP contribution is -2.37. The molecule has 1 saturated heterocycles. The minimum atomic E-state index is -0.246. The summed E-state index contributed by atoms with van der Waals surface area (Å²) in [5.74, 6) is 0.840. The lowest BCUT2D eigenvalue weighted by atomic mass is 10.1. The number of hydrogen-bond donors (Lipinski definition) is 0. The molecule has 1 fully saturated rings. The summed E-state index contributed by atoms with van der Waals surface area (Å²) in [4.78, 5) is 6.66. The molecule has 0 aliphatic carbocycles. The van der Waals surface area contributed by atoms with E-state index in [9.17, 15) is 4.39 Å². The van der Waals surface area contributed by atoms with Crippen LogP contribution in [0.3, 0.4) is 0 Å². The molecule has 0 unspecified atom stereocenters. The molecule has 0 N–H and O–H groups in total. The fraction of sp³-hybridized carbons (Fsp3) is 0.556. The average Bonchev–Trinajstić information content (AvgIpc) is 3.06. The first-order chi connectivity index (χ1) is 12.2. The van der Waals surface area contributed by atoms with Gasteiger partial charge in [0.15, 0.2) is 5.82 Å². The molecule has 136 valence electrons. The molecule has 0 amide bonds. The second-order valence-corrected chi connectivity index (χ2v) is 6.21. The Balaban J connectivity index is 1.45. The van der Waals surface area contributed by atoms with E-state index in [-0.39, 0.29) is 5.82 Å². The SMILES string of the molecule is COCCOC1CCN(Cc2nc(Cc3ccccc3F)no2)CC1. The normalized spacial score (nSPS) is 16.4. The second-order valence-electron chi connectivity index (χ2n) is 6.21. The summed E-state index contributed by atoms with van der Waals surface area (Å²) in [6, 6.07) is 6.65. The second kappa shape index (κ2) is 9.03. The fourth-order valence-electron chi connectivity index (χ4n) is 2.96. The van der Waals surface area contributed by atoms with Gasteiger partial charge in [0.1, 0.15) is 5.82 Å². The van der Waals surface area contributed by atoms with Crippen LogP contribution < -0.4 is 0 Å². The molecule has 0 radical (unpaired) electrons. The van der Waals surface area contributed by atoms with Gasteiger partial charge in [-0.05, 0) is 24.5 Å². The van der Waals surface area contributed by atoms with Crippen LogP contribution in [-0.2, 0) is 22.4 Å². The van der Waals surface area contributed by atoms with E-state index in [4.69, 9.17) is 14.0 Å². The van der Waals surface area contributed by atoms with Gasteiger partial charge in [-0.25, -0.2) is 4.39 Å². The third-order valence-corrected chi connectivity index (χ3v) is 4.35. The van der Waals surface area contributed by atoms with Crippen molar-refractivity contribution in [2.45, 2.75) is 31.9 Å². The summed E-state index contributed by atoms with van der Waals surface area (Å²) < 4.78 is 29.8. The van der Waals surface area contributed by atoms with Crippen molar-refractivity contribution >= 4 is 0 Å². The molecule has 25 heavy (non-hydrogen) atoms. The quantitative estimate of drug-likeness (QED) is 0.682. The van der Waals surface area contributed by atoms with Crippen LogP contribution in [0.4, 0.5) is 4.39 Å². The zero-order valence-electron chi connectivity index (χ0n) is 14.5. The Morgan fingerprint density at radius 3 is 2.80 bits per heavy atom. The number of aromatic nitrogens is 2. The standard InChI is InChI=1S/C18H24FN3O3/c1-23-10-11-24-15-6-8-22(9-7-15)13-18-20-17(21-25-18)12-14-4-2-3-5-16(14)19/h2-5,15H,6-13H2,1H3. The molecular formula is C18H24FN3O3. The number of ether oxygens (including phenoxy) is 2. The number of rotatable bonds is 8. The molecule has 0 saturated carbocycles. The highest BCUT2D eigenvalue weighted by atomic mass is 19.1. The molecule has 1 aromatic heterocycles. The van der Waals surface area contributed by atoms with Gasteiger partial charge < -0.3 is 14.0 Å². The van der Waals surface area contributed by atoms with E-state index in [0.29, 0.717) is 49.6 Å². The maximum absolute atomic E-state index is 13.7. The molecule has 1 aliphatic heterocycles. The molecule has 7 heteroatoms. The molecule has 1 aliphatic rings.